The molecule has 6 N–H and O–H groups in total. The molecule has 3 aliphatic rings. The Morgan fingerprint density at radius 2 is 2.05 bits per heavy atom. The summed E-state index contributed by atoms with van der Waals surface area (Å²) >= 11 is 0. The van der Waals surface area contributed by atoms with Gasteiger partial charge in [0.2, 0.25) is 0 Å². The number of nitrogens with zero attached hydrogens (tertiary/aromatic N) is 1. The minimum absolute atomic E-state index is 0.129. The average molecular weight is 271 g/mol. The van der Waals surface area contributed by atoms with Gasteiger partial charge in [0.15, 0.2) is 0 Å². The fraction of sp³-hybridized carbons (Fsp3) is 1.00. The standard InChI is InChI=1S/C13H26FN5/c1-8-4-12(17-8)18-10(15)5-11(16)19-6-13(14,7-19)9-2-3-9/h8-12,17-18H,2-7,15-16H2,1H3/t8?,10?,11?,12-/m0/s1. The molecule has 6 heteroatoms. The summed E-state index contributed by atoms with van der Waals surface area (Å²) in [5.74, 6) is 0.295. The van der Waals surface area contributed by atoms with Crippen molar-refractivity contribution >= 4 is 0 Å². The van der Waals surface area contributed by atoms with E-state index in [1.807, 2.05) is 4.90 Å². The lowest BCUT2D eigenvalue weighted by Gasteiger charge is -2.48. The van der Waals surface area contributed by atoms with Gasteiger partial charge in [-0.2, -0.15) is 0 Å². The van der Waals surface area contributed by atoms with Crippen molar-refractivity contribution in [2.45, 2.75) is 62.8 Å². The number of halogens is 1. The van der Waals surface area contributed by atoms with Gasteiger partial charge in [0.1, 0.15) is 5.67 Å². The molecule has 0 radical (unpaired) electrons. The Morgan fingerprint density at radius 1 is 1.42 bits per heavy atom. The Bertz CT molecular complexity index is 323. The average Bonchev–Trinajstić information content (AvgIpc) is 3.06. The van der Waals surface area contributed by atoms with Crippen LogP contribution in [0.5, 0.6) is 0 Å². The molecule has 0 bridgehead atoms. The third-order valence-electron chi connectivity index (χ3n) is 4.70. The van der Waals surface area contributed by atoms with Crippen LogP contribution in [0.25, 0.3) is 0 Å². The first-order valence-electron chi connectivity index (χ1n) is 7.42. The summed E-state index contributed by atoms with van der Waals surface area (Å²) in [6.07, 6.45) is 3.90. The van der Waals surface area contributed by atoms with Crippen LogP contribution in [0.1, 0.15) is 32.6 Å². The van der Waals surface area contributed by atoms with Gasteiger partial charge in [0, 0.05) is 25.6 Å². The number of hydrogen-bond donors (Lipinski definition) is 4. The zero-order valence-corrected chi connectivity index (χ0v) is 11.6. The summed E-state index contributed by atoms with van der Waals surface area (Å²) in [5, 5.41) is 6.64. The number of rotatable bonds is 6. The molecular weight excluding hydrogens is 245 g/mol. The number of nitrogens with one attached hydrogen (secondary N) is 2. The molecule has 3 unspecified atom stereocenters. The van der Waals surface area contributed by atoms with E-state index in [1.165, 1.54) is 0 Å². The number of hydrogen-bond acceptors (Lipinski definition) is 5. The maximum absolute atomic E-state index is 14.2. The third kappa shape index (κ3) is 2.92. The van der Waals surface area contributed by atoms with Crippen LogP contribution in [0.15, 0.2) is 0 Å². The number of nitrogens with two attached hydrogens (primary N) is 2. The monoisotopic (exact) mass is 271 g/mol. The van der Waals surface area contributed by atoms with Crippen molar-refractivity contribution in [3.05, 3.63) is 0 Å². The first-order valence-corrected chi connectivity index (χ1v) is 7.42. The highest BCUT2D eigenvalue weighted by Crippen LogP contribution is 2.47. The minimum atomic E-state index is -0.958. The van der Waals surface area contributed by atoms with E-state index in [9.17, 15) is 4.39 Å². The van der Waals surface area contributed by atoms with Crippen LogP contribution in [0.4, 0.5) is 4.39 Å². The second kappa shape index (κ2) is 4.93. The maximum atomic E-state index is 14.2. The topological polar surface area (TPSA) is 79.3 Å². The van der Waals surface area contributed by atoms with Crippen LogP contribution >= 0.6 is 0 Å². The molecule has 0 aromatic heterocycles. The molecule has 0 aromatic rings. The summed E-state index contributed by atoms with van der Waals surface area (Å²) in [6, 6.07) is 0.569. The molecule has 2 aliphatic heterocycles. The Morgan fingerprint density at radius 3 is 2.58 bits per heavy atom. The van der Waals surface area contributed by atoms with Crippen LogP contribution in [-0.2, 0) is 0 Å². The quantitative estimate of drug-likeness (QED) is 0.498. The molecular formula is C13H26FN5. The van der Waals surface area contributed by atoms with E-state index >= 15 is 0 Å². The van der Waals surface area contributed by atoms with Crippen molar-refractivity contribution in [3.8, 4) is 0 Å². The second-order valence-electron chi connectivity index (χ2n) is 6.65. The molecule has 2 heterocycles. The molecule has 3 rings (SSSR count). The van der Waals surface area contributed by atoms with Crippen LogP contribution in [0.2, 0.25) is 0 Å². The van der Waals surface area contributed by atoms with Gasteiger partial charge in [0.05, 0.1) is 18.5 Å². The fourth-order valence-electron chi connectivity index (χ4n) is 3.25. The number of alkyl halides is 1. The molecule has 5 nitrogen and oxygen atoms in total. The molecule has 2 saturated heterocycles. The normalized spacial score (nSPS) is 37.3. The molecule has 1 saturated carbocycles. The molecule has 0 spiro atoms. The highest BCUT2D eigenvalue weighted by molar-refractivity contribution is 5.06. The van der Waals surface area contributed by atoms with Gasteiger partial charge in [-0.15, -0.1) is 0 Å². The van der Waals surface area contributed by atoms with Crippen molar-refractivity contribution < 1.29 is 4.39 Å². The zero-order valence-electron chi connectivity index (χ0n) is 11.6. The van der Waals surface area contributed by atoms with E-state index in [0.717, 1.165) is 19.3 Å². The largest absolute Gasteiger partial charge is 0.316 e. The van der Waals surface area contributed by atoms with E-state index in [1.54, 1.807) is 0 Å². The second-order valence-corrected chi connectivity index (χ2v) is 6.65. The third-order valence-corrected chi connectivity index (χ3v) is 4.70. The van der Waals surface area contributed by atoms with Gasteiger partial charge in [-0.05, 0) is 32.1 Å². The lowest BCUT2D eigenvalue weighted by molar-refractivity contribution is -0.0738. The van der Waals surface area contributed by atoms with Crippen molar-refractivity contribution in [3.63, 3.8) is 0 Å². The lowest BCUT2D eigenvalue weighted by atomic mass is 9.90. The van der Waals surface area contributed by atoms with Crippen molar-refractivity contribution in [2.75, 3.05) is 13.1 Å². The molecule has 0 amide bonds. The van der Waals surface area contributed by atoms with Crippen molar-refractivity contribution in [1.82, 2.24) is 15.5 Å². The Balaban J connectivity index is 1.36. The Labute approximate surface area is 114 Å². The van der Waals surface area contributed by atoms with E-state index in [0.29, 0.717) is 37.6 Å². The Kier molecular flexibility index (Phi) is 3.55. The molecule has 1 aliphatic carbocycles. The smallest absolute Gasteiger partial charge is 0.139 e. The predicted octanol–water partition coefficient (Wildman–Crippen LogP) is -0.322. The summed E-state index contributed by atoms with van der Waals surface area (Å²) in [5.41, 5.74) is 11.2. The van der Waals surface area contributed by atoms with Crippen LogP contribution in [0.3, 0.4) is 0 Å². The lowest BCUT2D eigenvalue weighted by Crippen LogP contribution is -2.67. The highest BCUT2D eigenvalue weighted by Gasteiger charge is 2.54. The van der Waals surface area contributed by atoms with E-state index in [4.69, 9.17) is 11.5 Å². The number of likely N-dealkylation sites (tertiary alicyclic amines) is 1. The van der Waals surface area contributed by atoms with Crippen molar-refractivity contribution in [2.24, 2.45) is 17.4 Å². The SMILES string of the molecule is CC1C[C@H](NC(N)CC(N)N2CC(F)(C3CC3)C2)N1. The molecule has 3 fully saturated rings. The Hall–Kier alpha value is -0.270. The molecule has 110 valence electrons. The zero-order chi connectivity index (χ0) is 13.6. The summed E-state index contributed by atoms with van der Waals surface area (Å²) < 4.78 is 14.2. The first kappa shape index (κ1) is 13.7. The van der Waals surface area contributed by atoms with E-state index in [2.05, 4.69) is 17.6 Å². The van der Waals surface area contributed by atoms with Gasteiger partial charge in [0.25, 0.3) is 0 Å². The van der Waals surface area contributed by atoms with Gasteiger partial charge >= 0.3 is 0 Å². The van der Waals surface area contributed by atoms with Crippen LogP contribution in [0, 0.1) is 5.92 Å². The van der Waals surface area contributed by atoms with Crippen LogP contribution < -0.4 is 22.1 Å². The maximum Gasteiger partial charge on any atom is 0.139 e. The van der Waals surface area contributed by atoms with Crippen molar-refractivity contribution in [1.29, 1.82) is 0 Å². The minimum Gasteiger partial charge on any atom is -0.316 e. The molecule has 0 aromatic carbocycles. The van der Waals surface area contributed by atoms with Gasteiger partial charge < -0.3 is 11.5 Å². The fourth-order valence-corrected chi connectivity index (χ4v) is 3.25. The summed E-state index contributed by atoms with van der Waals surface area (Å²) in [4.78, 5) is 2.01. The summed E-state index contributed by atoms with van der Waals surface area (Å²) in [6.45, 7) is 3.13. The molecule has 4 atom stereocenters. The van der Waals surface area contributed by atoms with E-state index < -0.39 is 5.67 Å². The summed E-state index contributed by atoms with van der Waals surface area (Å²) in [7, 11) is 0. The van der Waals surface area contributed by atoms with Gasteiger partial charge in [-0.25, -0.2) is 4.39 Å². The van der Waals surface area contributed by atoms with Gasteiger partial charge in [-0.3, -0.25) is 15.5 Å². The molecule has 19 heavy (non-hydrogen) atoms. The van der Waals surface area contributed by atoms with Crippen LogP contribution in [-0.4, -0.2) is 48.2 Å². The highest BCUT2D eigenvalue weighted by atomic mass is 19.1. The van der Waals surface area contributed by atoms with E-state index in [-0.39, 0.29) is 12.3 Å². The van der Waals surface area contributed by atoms with Gasteiger partial charge in [-0.1, -0.05) is 0 Å². The predicted molar refractivity (Wildman–Crippen MR) is 72.8 cm³/mol. The first-order chi connectivity index (χ1) is 8.96.